The Balaban J connectivity index is 1.52. The largest absolute Gasteiger partial charge is 0.340 e. The standard InChI is InChI=1S/C20H25N7O/c28-19(20(11-5-1-6-12-20)27-14-21-24-25-27)26-13-7-4-10-17(26)18-22-15-8-2-3-9-16(15)23-18/h2-3,8-9,14,17H,1,4-7,10-13H2,(H,22,23). The number of para-hydroxylation sites is 2. The van der Waals surface area contributed by atoms with Gasteiger partial charge in [0.1, 0.15) is 17.7 Å². The number of carbonyl (C=O) groups is 1. The number of likely N-dealkylation sites (tertiary alicyclic amines) is 1. The number of nitrogens with one attached hydrogen (secondary N) is 1. The molecule has 28 heavy (non-hydrogen) atoms. The van der Waals surface area contributed by atoms with Gasteiger partial charge in [-0.1, -0.05) is 31.4 Å². The number of aromatic amines is 1. The fourth-order valence-electron chi connectivity index (χ4n) is 4.89. The number of tetrazole rings is 1. The van der Waals surface area contributed by atoms with E-state index in [0.29, 0.717) is 0 Å². The Morgan fingerprint density at radius 1 is 1.11 bits per heavy atom. The van der Waals surface area contributed by atoms with Crippen LogP contribution in [0.4, 0.5) is 0 Å². The second kappa shape index (κ2) is 7.00. The third-order valence-corrected chi connectivity index (χ3v) is 6.35. The van der Waals surface area contributed by atoms with E-state index >= 15 is 0 Å². The maximum absolute atomic E-state index is 13.9. The molecule has 146 valence electrons. The van der Waals surface area contributed by atoms with Gasteiger partial charge in [0.05, 0.1) is 17.1 Å². The van der Waals surface area contributed by atoms with Crippen LogP contribution in [0.15, 0.2) is 30.6 Å². The number of benzene rings is 1. The van der Waals surface area contributed by atoms with E-state index in [2.05, 4.69) is 20.5 Å². The van der Waals surface area contributed by atoms with Gasteiger partial charge in [0.15, 0.2) is 0 Å². The van der Waals surface area contributed by atoms with Crippen LogP contribution >= 0.6 is 0 Å². The van der Waals surface area contributed by atoms with Gasteiger partial charge in [-0.2, -0.15) is 0 Å². The van der Waals surface area contributed by atoms with E-state index in [1.54, 1.807) is 11.0 Å². The first kappa shape index (κ1) is 17.3. The molecule has 1 saturated carbocycles. The van der Waals surface area contributed by atoms with Gasteiger partial charge in [-0.05, 0) is 54.7 Å². The first-order valence-electron chi connectivity index (χ1n) is 10.3. The van der Waals surface area contributed by atoms with Gasteiger partial charge in [-0.3, -0.25) is 4.79 Å². The zero-order chi connectivity index (χ0) is 19.0. The van der Waals surface area contributed by atoms with E-state index in [4.69, 9.17) is 4.98 Å². The highest BCUT2D eigenvalue weighted by molar-refractivity contribution is 5.85. The lowest BCUT2D eigenvalue weighted by molar-refractivity contribution is -0.148. The minimum Gasteiger partial charge on any atom is -0.340 e. The number of hydrogen-bond acceptors (Lipinski definition) is 5. The third kappa shape index (κ3) is 2.78. The number of rotatable bonds is 3. The average molecular weight is 379 g/mol. The van der Waals surface area contributed by atoms with E-state index < -0.39 is 5.54 Å². The van der Waals surface area contributed by atoms with Gasteiger partial charge in [0.25, 0.3) is 5.91 Å². The number of piperidine rings is 1. The molecule has 1 amide bonds. The van der Waals surface area contributed by atoms with Gasteiger partial charge in [-0.25, -0.2) is 9.67 Å². The maximum atomic E-state index is 13.9. The quantitative estimate of drug-likeness (QED) is 0.755. The van der Waals surface area contributed by atoms with Gasteiger partial charge >= 0.3 is 0 Å². The van der Waals surface area contributed by atoms with Crippen LogP contribution < -0.4 is 0 Å². The van der Waals surface area contributed by atoms with E-state index in [0.717, 1.165) is 74.8 Å². The molecule has 5 rings (SSSR count). The average Bonchev–Trinajstić information content (AvgIpc) is 3.44. The van der Waals surface area contributed by atoms with E-state index in [9.17, 15) is 4.79 Å². The van der Waals surface area contributed by atoms with Gasteiger partial charge in [0.2, 0.25) is 0 Å². The van der Waals surface area contributed by atoms with Crippen LogP contribution in [-0.4, -0.2) is 47.5 Å². The normalized spacial score (nSPS) is 22.4. The molecule has 1 aliphatic carbocycles. The molecule has 2 aromatic heterocycles. The molecule has 3 heterocycles. The Morgan fingerprint density at radius 3 is 2.75 bits per heavy atom. The first-order chi connectivity index (χ1) is 13.8. The third-order valence-electron chi connectivity index (χ3n) is 6.35. The Labute approximate surface area is 163 Å². The van der Waals surface area contributed by atoms with E-state index in [1.807, 2.05) is 29.2 Å². The number of amides is 1. The lowest BCUT2D eigenvalue weighted by Gasteiger charge is -2.43. The number of carbonyl (C=O) groups excluding carboxylic acids is 1. The van der Waals surface area contributed by atoms with E-state index in [1.165, 1.54) is 0 Å². The van der Waals surface area contributed by atoms with Crippen molar-refractivity contribution in [1.29, 1.82) is 0 Å². The minimum atomic E-state index is -0.663. The van der Waals surface area contributed by atoms with Crippen molar-refractivity contribution >= 4 is 16.9 Å². The monoisotopic (exact) mass is 379 g/mol. The number of hydrogen-bond donors (Lipinski definition) is 1. The highest BCUT2D eigenvalue weighted by Gasteiger charge is 2.47. The number of fused-ring (bicyclic) bond motifs is 1. The lowest BCUT2D eigenvalue weighted by atomic mass is 9.79. The lowest BCUT2D eigenvalue weighted by Crippen LogP contribution is -2.54. The minimum absolute atomic E-state index is 0.0241. The van der Waals surface area contributed by atoms with Crippen LogP contribution in [0.2, 0.25) is 0 Å². The highest BCUT2D eigenvalue weighted by atomic mass is 16.2. The van der Waals surface area contributed by atoms with Crippen molar-refractivity contribution in [2.24, 2.45) is 0 Å². The topological polar surface area (TPSA) is 92.6 Å². The molecule has 8 heteroatoms. The Bertz CT molecular complexity index is 925. The summed E-state index contributed by atoms with van der Waals surface area (Å²) in [5, 5.41) is 11.8. The maximum Gasteiger partial charge on any atom is 0.251 e. The molecule has 1 aliphatic heterocycles. The second-order valence-electron chi connectivity index (χ2n) is 8.00. The molecule has 2 aliphatic rings. The molecule has 1 atom stereocenters. The van der Waals surface area contributed by atoms with Crippen molar-refractivity contribution in [2.45, 2.75) is 62.9 Å². The predicted molar refractivity (Wildman–Crippen MR) is 103 cm³/mol. The molecular formula is C20H25N7O. The van der Waals surface area contributed by atoms with E-state index in [-0.39, 0.29) is 11.9 Å². The zero-order valence-corrected chi connectivity index (χ0v) is 15.9. The summed E-state index contributed by atoms with van der Waals surface area (Å²) in [6, 6.07) is 8.01. The molecular weight excluding hydrogens is 354 g/mol. The molecule has 3 aromatic rings. The van der Waals surface area contributed by atoms with Crippen LogP contribution in [0.3, 0.4) is 0 Å². The summed E-state index contributed by atoms with van der Waals surface area (Å²) in [5.41, 5.74) is 1.30. The Kier molecular flexibility index (Phi) is 4.33. The summed E-state index contributed by atoms with van der Waals surface area (Å²) in [7, 11) is 0. The van der Waals surface area contributed by atoms with Gasteiger partial charge in [0, 0.05) is 6.54 Å². The fourth-order valence-corrected chi connectivity index (χ4v) is 4.89. The molecule has 0 bridgehead atoms. The number of aromatic nitrogens is 6. The smallest absolute Gasteiger partial charge is 0.251 e. The van der Waals surface area contributed by atoms with Crippen molar-refractivity contribution in [3.63, 3.8) is 0 Å². The molecule has 1 saturated heterocycles. The second-order valence-corrected chi connectivity index (χ2v) is 8.00. The molecule has 1 N–H and O–H groups in total. The summed E-state index contributed by atoms with van der Waals surface area (Å²) in [5.74, 6) is 1.03. The van der Waals surface area contributed by atoms with Crippen molar-refractivity contribution in [1.82, 2.24) is 35.1 Å². The molecule has 0 radical (unpaired) electrons. The number of imidazole rings is 1. The molecule has 8 nitrogen and oxygen atoms in total. The zero-order valence-electron chi connectivity index (χ0n) is 15.9. The van der Waals surface area contributed by atoms with Crippen LogP contribution in [0.5, 0.6) is 0 Å². The fraction of sp³-hybridized carbons (Fsp3) is 0.550. The van der Waals surface area contributed by atoms with Crippen molar-refractivity contribution < 1.29 is 4.79 Å². The summed E-state index contributed by atoms with van der Waals surface area (Å²) in [4.78, 5) is 24.2. The van der Waals surface area contributed by atoms with Gasteiger partial charge < -0.3 is 9.88 Å². The Morgan fingerprint density at radius 2 is 1.96 bits per heavy atom. The number of H-pyrrole nitrogens is 1. The van der Waals surface area contributed by atoms with Crippen molar-refractivity contribution in [2.75, 3.05) is 6.54 Å². The van der Waals surface area contributed by atoms with Crippen LogP contribution in [0.1, 0.15) is 63.2 Å². The van der Waals surface area contributed by atoms with Crippen molar-refractivity contribution in [3.05, 3.63) is 36.4 Å². The SMILES string of the molecule is O=C(N1CCCCC1c1nc2ccccc2[nH]1)C1(n2cnnn2)CCCCC1. The Hall–Kier alpha value is -2.77. The number of nitrogens with zero attached hydrogens (tertiary/aromatic N) is 6. The highest BCUT2D eigenvalue weighted by Crippen LogP contribution is 2.40. The summed E-state index contributed by atoms with van der Waals surface area (Å²) in [6.07, 6.45) is 9.44. The van der Waals surface area contributed by atoms with Crippen LogP contribution in [0, 0.1) is 0 Å². The summed E-state index contributed by atoms with van der Waals surface area (Å²) >= 11 is 0. The molecule has 0 spiro atoms. The first-order valence-corrected chi connectivity index (χ1v) is 10.3. The molecule has 1 aromatic carbocycles. The molecule has 2 fully saturated rings. The van der Waals surface area contributed by atoms with Crippen molar-refractivity contribution in [3.8, 4) is 0 Å². The summed E-state index contributed by atoms with van der Waals surface area (Å²) < 4.78 is 1.71. The van der Waals surface area contributed by atoms with Gasteiger partial charge in [-0.15, -0.1) is 5.10 Å². The van der Waals surface area contributed by atoms with Crippen LogP contribution in [-0.2, 0) is 10.3 Å². The van der Waals surface area contributed by atoms with Crippen LogP contribution in [0.25, 0.3) is 11.0 Å². The molecule has 1 unspecified atom stereocenters. The summed E-state index contributed by atoms with van der Waals surface area (Å²) in [6.45, 7) is 0.754. The predicted octanol–water partition coefficient (Wildman–Crippen LogP) is 2.96.